The maximum absolute atomic E-state index is 13.7. The molecule has 0 spiro atoms. The van der Waals surface area contributed by atoms with Gasteiger partial charge in [-0.05, 0) is 98.7 Å². The van der Waals surface area contributed by atoms with E-state index in [0.717, 1.165) is 23.7 Å². The molecule has 8 heteroatoms. The van der Waals surface area contributed by atoms with Crippen LogP contribution in [0, 0.1) is 59.2 Å². The molecule has 224 valence electrons. The van der Waals surface area contributed by atoms with Crippen LogP contribution in [-0.2, 0) is 28.5 Å². The van der Waals surface area contributed by atoms with E-state index in [-0.39, 0.29) is 11.8 Å². The van der Waals surface area contributed by atoms with Crippen molar-refractivity contribution in [1.82, 2.24) is 9.80 Å². The molecule has 8 nitrogen and oxygen atoms in total. The van der Waals surface area contributed by atoms with Gasteiger partial charge in [-0.1, -0.05) is 0 Å². The molecule has 9 rings (SSSR count). The van der Waals surface area contributed by atoms with Gasteiger partial charge in [0.1, 0.15) is 0 Å². The number of ether oxygens (including phenoxy) is 4. The van der Waals surface area contributed by atoms with Gasteiger partial charge in [-0.25, -0.2) is 0 Å². The van der Waals surface area contributed by atoms with Crippen molar-refractivity contribution in [3.05, 3.63) is 0 Å². The van der Waals surface area contributed by atoms with Gasteiger partial charge < -0.3 is 28.7 Å². The summed E-state index contributed by atoms with van der Waals surface area (Å²) in [6.45, 7) is 6.52. The lowest BCUT2D eigenvalue weighted by Crippen LogP contribution is -2.45. The summed E-state index contributed by atoms with van der Waals surface area (Å²) < 4.78 is 23.6. The van der Waals surface area contributed by atoms with Crippen molar-refractivity contribution in [2.75, 3.05) is 79.0 Å². The average molecular weight is 559 g/mol. The number of amides is 2. The standard InChI is InChI=1S/C32H50N2O6/c35-31(29-25-15-21-13-23(19-25)27(29)17-21)33-1-5-37-9-10-39-7-3-34(4-8-40-12-11-38-6-2-33)32(36)30-26-16-22-14-24(20-26)28(30)18-22/h21-30H,1-20H2. The summed E-state index contributed by atoms with van der Waals surface area (Å²) in [6, 6.07) is 0. The third-order valence-corrected chi connectivity index (χ3v) is 12.1. The molecule has 0 aromatic heterocycles. The Labute approximate surface area is 239 Å². The van der Waals surface area contributed by atoms with Gasteiger partial charge in [0, 0.05) is 38.0 Å². The predicted octanol–water partition coefficient (Wildman–Crippen LogP) is 3.09. The SMILES string of the molecule is O=C(C1C2CC3CC(C2)C1C3)N1CCOCCOCCN(C(=O)C2C3CC4CC(C3)C2C4)CCOCCOCC1. The number of carbonyl (C=O) groups excluding carboxylic acids is 2. The summed E-state index contributed by atoms with van der Waals surface area (Å²) in [4.78, 5) is 31.4. The van der Waals surface area contributed by atoms with Crippen LogP contribution in [0.15, 0.2) is 0 Å². The highest BCUT2D eigenvalue weighted by Gasteiger charge is 2.57. The summed E-state index contributed by atoms with van der Waals surface area (Å²) in [6.07, 6.45) is 10.3. The van der Waals surface area contributed by atoms with Gasteiger partial charge in [0.15, 0.2) is 0 Å². The summed E-state index contributed by atoms with van der Waals surface area (Å²) in [5.74, 6) is 6.84. The van der Waals surface area contributed by atoms with Crippen molar-refractivity contribution >= 4 is 11.8 Å². The highest BCUT2D eigenvalue weighted by Crippen LogP contribution is 2.62. The molecule has 10 unspecified atom stereocenters. The molecule has 0 aromatic rings. The van der Waals surface area contributed by atoms with Crippen LogP contribution in [0.3, 0.4) is 0 Å². The average Bonchev–Trinajstić information content (AvgIpc) is 3.57. The molecular weight excluding hydrogens is 508 g/mol. The van der Waals surface area contributed by atoms with Gasteiger partial charge in [-0.3, -0.25) is 9.59 Å². The minimum Gasteiger partial charge on any atom is -0.377 e. The zero-order chi connectivity index (χ0) is 27.1. The van der Waals surface area contributed by atoms with Crippen LogP contribution in [0.1, 0.15) is 51.4 Å². The third-order valence-electron chi connectivity index (χ3n) is 12.1. The van der Waals surface area contributed by atoms with Gasteiger partial charge >= 0.3 is 0 Å². The Morgan fingerprint density at radius 2 is 0.775 bits per heavy atom. The van der Waals surface area contributed by atoms with E-state index in [1.54, 1.807) is 0 Å². The van der Waals surface area contributed by atoms with Crippen LogP contribution in [-0.4, -0.2) is 101 Å². The maximum Gasteiger partial charge on any atom is 0.226 e. The highest BCUT2D eigenvalue weighted by atomic mass is 16.5. The van der Waals surface area contributed by atoms with Crippen molar-refractivity contribution in [3.63, 3.8) is 0 Å². The molecule has 10 atom stereocenters. The minimum atomic E-state index is 0.216. The second-order valence-electron chi connectivity index (χ2n) is 14.1. The highest BCUT2D eigenvalue weighted by molar-refractivity contribution is 5.81. The molecular formula is C32H50N2O6. The zero-order valence-electron chi connectivity index (χ0n) is 24.3. The number of nitrogens with zero attached hydrogens (tertiary/aromatic N) is 2. The summed E-state index contributed by atoms with van der Waals surface area (Å²) in [7, 11) is 0. The quantitative estimate of drug-likeness (QED) is 0.519. The molecule has 8 bridgehead atoms. The van der Waals surface area contributed by atoms with Crippen LogP contribution in [0.4, 0.5) is 0 Å². The number of hydrogen-bond donors (Lipinski definition) is 0. The first-order valence-corrected chi connectivity index (χ1v) is 16.5. The Hall–Kier alpha value is -1.22. The predicted molar refractivity (Wildman–Crippen MR) is 148 cm³/mol. The van der Waals surface area contributed by atoms with E-state index in [1.807, 2.05) is 9.80 Å². The first-order chi connectivity index (χ1) is 19.7. The Morgan fingerprint density at radius 3 is 1.12 bits per heavy atom. The Morgan fingerprint density at radius 1 is 0.425 bits per heavy atom. The first-order valence-electron chi connectivity index (χ1n) is 16.5. The lowest BCUT2D eigenvalue weighted by atomic mass is 9.75. The lowest BCUT2D eigenvalue weighted by molar-refractivity contribution is -0.142. The normalized spacial score (nSPS) is 44.2. The van der Waals surface area contributed by atoms with Crippen LogP contribution in [0.2, 0.25) is 0 Å². The van der Waals surface area contributed by atoms with Crippen LogP contribution in [0.5, 0.6) is 0 Å². The number of rotatable bonds is 2. The van der Waals surface area contributed by atoms with E-state index in [1.165, 1.54) is 51.4 Å². The fourth-order valence-electron chi connectivity index (χ4n) is 10.7. The second kappa shape index (κ2) is 12.2. The van der Waals surface area contributed by atoms with Crippen molar-refractivity contribution in [2.45, 2.75) is 51.4 Å². The van der Waals surface area contributed by atoms with Crippen molar-refractivity contribution in [1.29, 1.82) is 0 Å². The van der Waals surface area contributed by atoms with Crippen LogP contribution < -0.4 is 0 Å². The summed E-state index contributed by atoms with van der Waals surface area (Å²) in [5.41, 5.74) is 0. The molecule has 8 saturated carbocycles. The molecule has 9 fully saturated rings. The molecule has 0 radical (unpaired) electrons. The fourth-order valence-corrected chi connectivity index (χ4v) is 10.7. The van der Waals surface area contributed by atoms with E-state index in [0.29, 0.717) is 115 Å². The van der Waals surface area contributed by atoms with Gasteiger partial charge in [0.05, 0.1) is 52.9 Å². The summed E-state index contributed by atoms with van der Waals surface area (Å²) in [5, 5.41) is 0. The Kier molecular flexibility index (Phi) is 8.40. The molecule has 9 aliphatic rings. The van der Waals surface area contributed by atoms with Crippen molar-refractivity contribution in [2.24, 2.45) is 59.2 Å². The van der Waals surface area contributed by atoms with E-state index >= 15 is 0 Å². The van der Waals surface area contributed by atoms with E-state index < -0.39 is 0 Å². The second-order valence-corrected chi connectivity index (χ2v) is 14.1. The smallest absolute Gasteiger partial charge is 0.226 e. The largest absolute Gasteiger partial charge is 0.377 e. The summed E-state index contributed by atoms with van der Waals surface area (Å²) >= 11 is 0. The zero-order valence-corrected chi connectivity index (χ0v) is 24.3. The van der Waals surface area contributed by atoms with E-state index in [2.05, 4.69) is 0 Å². The van der Waals surface area contributed by atoms with Gasteiger partial charge in [-0.15, -0.1) is 0 Å². The fraction of sp³-hybridized carbons (Fsp3) is 0.938. The van der Waals surface area contributed by atoms with Gasteiger partial charge in [-0.2, -0.15) is 0 Å². The molecule has 8 aliphatic carbocycles. The molecule has 2 amide bonds. The lowest BCUT2D eigenvalue weighted by Gasteiger charge is -2.35. The number of hydrogen-bond acceptors (Lipinski definition) is 6. The molecule has 0 N–H and O–H groups in total. The van der Waals surface area contributed by atoms with Crippen molar-refractivity contribution in [3.8, 4) is 0 Å². The van der Waals surface area contributed by atoms with Gasteiger partial charge in [0.25, 0.3) is 0 Å². The Bertz CT molecular complexity index is 816. The number of carbonyl (C=O) groups is 2. The van der Waals surface area contributed by atoms with Gasteiger partial charge in [0.2, 0.25) is 11.8 Å². The molecule has 1 aliphatic heterocycles. The molecule has 1 heterocycles. The third kappa shape index (κ3) is 5.47. The van der Waals surface area contributed by atoms with Crippen LogP contribution >= 0.6 is 0 Å². The molecule has 1 saturated heterocycles. The van der Waals surface area contributed by atoms with E-state index in [4.69, 9.17) is 18.9 Å². The molecule has 40 heavy (non-hydrogen) atoms. The van der Waals surface area contributed by atoms with Crippen LogP contribution in [0.25, 0.3) is 0 Å². The monoisotopic (exact) mass is 558 g/mol. The maximum atomic E-state index is 13.7. The minimum absolute atomic E-state index is 0.216. The first kappa shape index (κ1) is 27.6. The molecule has 0 aromatic carbocycles. The Balaban J connectivity index is 0.901. The van der Waals surface area contributed by atoms with Crippen molar-refractivity contribution < 1.29 is 28.5 Å². The topological polar surface area (TPSA) is 77.5 Å². The van der Waals surface area contributed by atoms with E-state index in [9.17, 15) is 9.59 Å².